The quantitative estimate of drug-likeness (QED) is 0.435. The summed E-state index contributed by atoms with van der Waals surface area (Å²) in [4.78, 5) is 14.4. The van der Waals surface area contributed by atoms with Crippen molar-refractivity contribution in [3.8, 4) is 0 Å². The van der Waals surface area contributed by atoms with Gasteiger partial charge in [0, 0.05) is 27.3 Å². The van der Waals surface area contributed by atoms with Gasteiger partial charge in [-0.2, -0.15) is 0 Å². The fourth-order valence-corrected chi connectivity index (χ4v) is 4.71. The van der Waals surface area contributed by atoms with Crippen LogP contribution in [-0.4, -0.2) is 31.4 Å². The Balaban J connectivity index is 1.68. The molecule has 4 rings (SSSR count). The predicted octanol–water partition coefficient (Wildman–Crippen LogP) is 5.24. The van der Waals surface area contributed by atoms with Crippen LogP contribution in [0.5, 0.6) is 0 Å². The maximum absolute atomic E-state index is 9.27. The molecule has 7 heteroatoms. The Bertz CT molecular complexity index is 1090. The molecule has 0 unspecified atom stereocenters. The van der Waals surface area contributed by atoms with Crippen LogP contribution in [0.3, 0.4) is 0 Å². The Morgan fingerprint density at radius 2 is 1.96 bits per heavy atom. The molecule has 0 radical (unpaired) electrons. The SMILES string of the molecule is CC(C)(CCO)Sc1ccc2ncnc(Nc3ccc4scnc4c3)c2c1. The summed E-state index contributed by atoms with van der Waals surface area (Å²) >= 11 is 3.38. The first kappa shape index (κ1) is 18.2. The minimum absolute atomic E-state index is 0.0404. The third-order valence-corrected chi connectivity index (χ3v) is 6.36. The minimum Gasteiger partial charge on any atom is -0.396 e. The summed E-state index contributed by atoms with van der Waals surface area (Å²) in [5.74, 6) is 0.775. The number of rotatable bonds is 6. The second-order valence-electron chi connectivity index (χ2n) is 6.90. The van der Waals surface area contributed by atoms with Crippen molar-refractivity contribution in [3.63, 3.8) is 0 Å². The van der Waals surface area contributed by atoms with E-state index in [2.05, 4.69) is 52.3 Å². The van der Waals surface area contributed by atoms with E-state index in [9.17, 15) is 5.11 Å². The Kier molecular flexibility index (Phi) is 4.99. The number of thiazole rings is 1. The molecule has 0 atom stereocenters. The molecule has 0 fully saturated rings. The average molecular weight is 397 g/mol. The van der Waals surface area contributed by atoms with Gasteiger partial charge >= 0.3 is 0 Å². The third-order valence-electron chi connectivity index (χ3n) is 4.31. The highest BCUT2D eigenvalue weighted by atomic mass is 32.2. The molecule has 0 saturated carbocycles. The number of benzene rings is 2. The van der Waals surface area contributed by atoms with Crippen molar-refractivity contribution in [2.24, 2.45) is 0 Å². The summed E-state index contributed by atoms with van der Waals surface area (Å²) < 4.78 is 1.12. The van der Waals surface area contributed by atoms with Crippen molar-refractivity contribution < 1.29 is 5.11 Å². The third kappa shape index (κ3) is 4.05. The van der Waals surface area contributed by atoms with Crippen LogP contribution in [0.4, 0.5) is 11.5 Å². The van der Waals surface area contributed by atoms with Gasteiger partial charge in [-0.05, 0) is 42.8 Å². The minimum atomic E-state index is -0.0404. The molecule has 5 nitrogen and oxygen atoms in total. The van der Waals surface area contributed by atoms with E-state index in [0.717, 1.165) is 43.9 Å². The van der Waals surface area contributed by atoms with Crippen LogP contribution in [0.15, 0.2) is 53.1 Å². The number of nitrogens with one attached hydrogen (secondary N) is 1. The standard InChI is InChI=1S/C20H20N4OS2/c1-20(2,7-8-25)27-14-4-5-16-15(10-14)19(22-11-21-16)24-13-3-6-18-17(9-13)23-12-26-18/h3-6,9-12,25H,7-8H2,1-2H3,(H,21,22,24). The molecule has 0 spiro atoms. The topological polar surface area (TPSA) is 70.9 Å². The second kappa shape index (κ2) is 7.42. The van der Waals surface area contributed by atoms with Gasteiger partial charge in [-0.1, -0.05) is 13.8 Å². The molecule has 4 aromatic rings. The van der Waals surface area contributed by atoms with Gasteiger partial charge in [0.2, 0.25) is 0 Å². The van der Waals surface area contributed by atoms with E-state index in [-0.39, 0.29) is 11.4 Å². The second-order valence-corrected chi connectivity index (χ2v) is 9.56. The number of fused-ring (bicyclic) bond motifs is 2. The van der Waals surface area contributed by atoms with E-state index in [1.165, 1.54) is 0 Å². The number of anilines is 2. The lowest BCUT2D eigenvalue weighted by atomic mass is 10.1. The predicted molar refractivity (Wildman–Crippen MR) is 114 cm³/mol. The molecule has 2 N–H and O–H groups in total. The van der Waals surface area contributed by atoms with Gasteiger partial charge in [0.05, 0.1) is 21.2 Å². The Morgan fingerprint density at radius 3 is 2.81 bits per heavy atom. The molecule has 138 valence electrons. The average Bonchev–Trinajstić information content (AvgIpc) is 3.09. The monoisotopic (exact) mass is 396 g/mol. The van der Waals surface area contributed by atoms with Gasteiger partial charge in [-0.15, -0.1) is 23.1 Å². The van der Waals surface area contributed by atoms with Gasteiger partial charge in [0.1, 0.15) is 12.1 Å². The number of hydrogen-bond donors (Lipinski definition) is 2. The van der Waals surface area contributed by atoms with Crippen molar-refractivity contribution >= 4 is 55.7 Å². The summed E-state index contributed by atoms with van der Waals surface area (Å²) in [5, 5.41) is 13.7. The molecule has 0 bridgehead atoms. The Labute approximate surface area is 165 Å². The summed E-state index contributed by atoms with van der Waals surface area (Å²) in [5.41, 5.74) is 4.68. The molecule has 0 aliphatic rings. The largest absolute Gasteiger partial charge is 0.396 e. The summed E-state index contributed by atoms with van der Waals surface area (Å²) in [7, 11) is 0. The fraction of sp³-hybridized carbons (Fsp3) is 0.250. The zero-order valence-electron chi connectivity index (χ0n) is 15.1. The molecule has 0 saturated heterocycles. The lowest BCUT2D eigenvalue weighted by Gasteiger charge is -2.23. The number of aliphatic hydroxyl groups excluding tert-OH is 1. The van der Waals surface area contributed by atoms with Crippen LogP contribution in [-0.2, 0) is 0 Å². The zero-order valence-corrected chi connectivity index (χ0v) is 16.8. The maximum atomic E-state index is 9.27. The molecule has 2 aromatic carbocycles. The molecule has 0 aliphatic carbocycles. The number of aromatic nitrogens is 3. The maximum Gasteiger partial charge on any atom is 0.141 e. The van der Waals surface area contributed by atoms with Gasteiger partial charge < -0.3 is 10.4 Å². The number of hydrogen-bond acceptors (Lipinski definition) is 7. The molecular weight excluding hydrogens is 376 g/mol. The van der Waals surface area contributed by atoms with Gasteiger partial charge in [0.15, 0.2) is 0 Å². The van der Waals surface area contributed by atoms with E-state index < -0.39 is 0 Å². The number of thioether (sulfide) groups is 1. The van der Waals surface area contributed by atoms with E-state index >= 15 is 0 Å². The van der Waals surface area contributed by atoms with Gasteiger partial charge in [0.25, 0.3) is 0 Å². The highest BCUT2D eigenvalue weighted by molar-refractivity contribution is 8.00. The molecule has 0 amide bonds. The van der Waals surface area contributed by atoms with E-state index in [1.54, 1.807) is 29.4 Å². The van der Waals surface area contributed by atoms with Crippen molar-refractivity contribution in [2.75, 3.05) is 11.9 Å². The van der Waals surface area contributed by atoms with Crippen LogP contribution in [0, 0.1) is 0 Å². The van der Waals surface area contributed by atoms with Crippen LogP contribution in [0.2, 0.25) is 0 Å². The first-order valence-electron chi connectivity index (χ1n) is 8.69. The van der Waals surface area contributed by atoms with E-state index in [4.69, 9.17) is 0 Å². The van der Waals surface area contributed by atoms with Crippen molar-refractivity contribution in [2.45, 2.75) is 29.9 Å². The molecule has 27 heavy (non-hydrogen) atoms. The smallest absolute Gasteiger partial charge is 0.141 e. The zero-order chi connectivity index (χ0) is 18.9. The molecular formula is C20H20N4OS2. The van der Waals surface area contributed by atoms with E-state index in [0.29, 0.717) is 0 Å². The highest BCUT2D eigenvalue weighted by Crippen LogP contribution is 2.37. The molecule has 2 aromatic heterocycles. The Morgan fingerprint density at radius 1 is 1.07 bits per heavy atom. The summed E-state index contributed by atoms with van der Waals surface area (Å²) in [6.45, 7) is 4.46. The highest BCUT2D eigenvalue weighted by Gasteiger charge is 2.19. The van der Waals surface area contributed by atoms with E-state index in [1.807, 2.05) is 23.7 Å². The Hall–Kier alpha value is -2.22. The van der Waals surface area contributed by atoms with Crippen LogP contribution in [0.25, 0.3) is 21.1 Å². The number of aliphatic hydroxyl groups is 1. The first-order chi connectivity index (χ1) is 13.0. The van der Waals surface area contributed by atoms with Crippen molar-refractivity contribution in [1.82, 2.24) is 15.0 Å². The van der Waals surface area contributed by atoms with Crippen LogP contribution in [0.1, 0.15) is 20.3 Å². The molecule has 2 heterocycles. The normalized spacial score (nSPS) is 12.0. The fourth-order valence-electron chi connectivity index (χ4n) is 2.91. The first-order valence-corrected chi connectivity index (χ1v) is 10.4. The van der Waals surface area contributed by atoms with Gasteiger partial charge in [-0.25, -0.2) is 15.0 Å². The van der Waals surface area contributed by atoms with Crippen molar-refractivity contribution in [1.29, 1.82) is 0 Å². The number of nitrogens with zero attached hydrogens (tertiary/aromatic N) is 3. The lowest BCUT2D eigenvalue weighted by Crippen LogP contribution is -2.16. The molecule has 0 aliphatic heterocycles. The lowest BCUT2D eigenvalue weighted by molar-refractivity contribution is 0.275. The van der Waals surface area contributed by atoms with Gasteiger partial charge in [-0.3, -0.25) is 0 Å². The van der Waals surface area contributed by atoms with Crippen LogP contribution >= 0.6 is 23.1 Å². The van der Waals surface area contributed by atoms with Crippen molar-refractivity contribution in [3.05, 3.63) is 48.2 Å². The van der Waals surface area contributed by atoms with Crippen LogP contribution < -0.4 is 5.32 Å². The summed E-state index contributed by atoms with van der Waals surface area (Å²) in [6.07, 6.45) is 2.31. The summed E-state index contributed by atoms with van der Waals surface area (Å²) in [6, 6.07) is 12.3.